The highest BCUT2D eigenvalue weighted by atomic mass is 16.4. The molecule has 16 heavy (non-hydrogen) atoms. The molecule has 1 heterocycles. The number of hydrogen-bond acceptors (Lipinski definition) is 3. The predicted molar refractivity (Wildman–Crippen MR) is 55.1 cm³/mol. The maximum atomic E-state index is 10.7. The number of aryl methyl sites for hydroxylation is 1. The van der Waals surface area contributed by atoms with Crippen LogP contribution in [0.3, 0.4) is 0 Å². The van der Waals surface area contributed by atoms with Crippen molar-refractivity contribution in [3.63, 3.8) is 0 Å². The molecule has 0 saturated carbocycles. The maximum absolute atomic E-state index is 10.7. The van der Waals surface area contributed by atoms with Crippen molar-refractivity contribution in [1.82, 2.24) is 4.98 Å². The first-order valence-corrected chi connectivity index (χ1v) is 4.41. The van der Waals surface area contributed by atoms with Crippen LogP contribution in [0.5, 0.6) is 0 Å². The van der Waals surface area contributed by atoms with Crippen LogP contribution in [0, 0.1) is 18.8 Å². The van der Waals surface area contributed by atoms with E-state index in [1.807, 2.05) is 0 Å². The van der Waals surface area contributed by atoms with Crippen LogP contribution in [0.2, 0.25) is 0 Å². The van der Waals surface area contributed by atoms with Gasteiger partial charge in [0, 0.05) is 11.8 Å². The lowest BCUT2D eigenvalue weighted by atomic mass is 10.1. The van der Waals surface area contributed by atoms with Gasteiger partial charge in [-0.2, -0.15) is 0 Å². The van der Waals surface area contributed by atoms with E-state index in [-0.39, 0.29) is 12.1 Å². The highest BCUT2D eigenvalue weighted by Crippen LogP contribution is 2.06. The molecule has 0 aliphatic heterocycles. The molecule has 0 saturated heterocycles. The van der Waals surface area contributed by atoms with Gasteiger partial charge in [0.15, 0.2) is 5.69 Å². The molecule has 1 rings (SSSR count). The van der Waals surface area contributed by atoms with E-state index in [0.717, 1.165) is 0 Å². The lowest BCUT2D eigenvalue weighted by Gasteiger charge is -1.98. The number of carboxylic acids is 2. The van der Waals surface area contributed by atoms with Crippen LogP contribution in [-0.2, 0) is 4.79 Å². The van der Waals surface area contributed by atoms with Crippen LogP contribution in [0.25, 0.3) is 0 Å². The molecule has 0 aliphatic rings. The molecule has 82 valence electrons. The molecule has 0 radical (unpaired) electrons. The van der Waals surface area contributed by atoms with E-state index in [1.165, 1.54) is 6.20 Å². The second-order valence-corrected chi connectivity index (χ2v) is 3.07. The molecule has 0 spiro atoms. The van der Waals surface area contributed by atoms with Gasteiger partial charge in [-0.05, 0) is 18.6 Å². The van der Waals surface area contributed by atoms with Gasteiger partial charge in [0.05, 0.1) is 0 Å². The molecule has 0 aromatic carbocycles. The Morgan fingerprint density at radius 1 is 1.44 bits per heavy atom. The van der Waals surface area contributed by atoms with Crippen molar-refractivity contribution in [2.75, 3.05) is 0 Å². The maximum Gasteiger partial charge on any atom is 0.354 e. The van der Waals surface area contributed by atoms with Gasteiger partial charge >= 0.3 is 11.9 Å². The zero-order valence-corrected chi connectivity index (χ0v) is 8.52. The third-order valence-electron chi connectivity index (χ3n) is 1.75. The van der Waals surface area contributed by atoms with Crippen molar-refractivity contribution < 1.29 is 19.8 Å². The Morgan fingerprint density at radius 2 is 2.12 bits per heavy atom. The van der Waals surface area contributed by atoms with Crippen LogP contribution < -0.4 is 0 Å². The van der Waals surface area contributed by atoms with E-state index in [1.54, 1.807) is 13.0 Å². The van der Waals surface area contributed by atoms with E-state index in [2.05, 4.69) is 16.8 Å². The third-order valence-corrected chi connectivity index (χ3v) is 1.75. The molecule has 1 aromatic heterocycles. The van der Waals surface area contributed by atoms with Crippen LogP contribution >= 0.6 is 0 Å². The lowest BCUT2D eigenvalue weighted by molar-refractivity contribution is -0.135. The summed E-state index contributed by atoms with van der Waals surface area (Å²) in [5, 5.41) is 17.1. The van der Waals surface area contributed by atoms with Gasteiger partial charge in [-0.15, -0.1) is 0 Å². The molecule has 0 unspecified atom stereocenters. The summed E-state index contributed by atoms with van der Waals surface area (Å²) in [6.07, 6.45) is 1.06. The molecular weight excluding hydrogens is 210 g/mol. The van der Waals surface area contributed by atoms with Crippen molar-refractivity contribution >= 4 is 11.9 Å². The molecule has 0 fully saturated rings. The minimum Gasteiger partial charge on any atom is -0.481 e. The van der Waals surface area contributed by atoms with E-state index in [0.29, 0.717) is 11.1 Å². The molecule has 0 amide bonds. The second kappa shape index (κ2) is 4.94. The number of aromatic nitrogens is 1. The number of hydrogen-bond donors (Lipinski definition) is 2. The Bertz CT molecular complexity index is 496. The molecule has 5 nitrogen and oxygen atoms in total. The standard InChI is InChI=1S/C11H9NO4/c1-7-5-8(3-2-4-9(13)14)6-12-10(7)11(15)16/h5-6H,4H2,1H3,(H,13,14)(H,15,16). The van der Waals surface area contributed by atoms with Gasteiger partial charge in [0.2, 0.25) is 0 Å². The lowest BCUT2D eigenvalue weighted by Crippen LogP contribution is -2.03. The highest BCUT2D eigenvalue weighted by molar-refractivity contribution is 5.87. The summed E-state index contributed by atoms with van der Waals surface area (Å²) < 4.78 is 0. The summed E-state index contributed by atoms with van der Waals surface area (Å²) in [6, 6.07) is 1.56. The van der Waals surface area contributed by atoms with Crippen LogP contribution in [0.4, 0.5) is 0 Å². The van der Waals surface area contributed by atoms with Gasteiger partial charge in [0.1, 0.15) is 6.42 Å². The van der Waals surface area contributed by atoms with E-state index < -0.39 is 11.9 Å². The van der Waals surface area contributed by atoms with Gasteiger partial charge in [-0.25, -0.2) is 9.78 Å². The smallest absolute Gasteiger partial charge is 0.354 e. The Balaban J connectivity index is 2.92. The quantitative estimate of drug-likeness (QED) is 0.722. The van der Waals surface area contributed by atoms with Gasteiger partial charge in [-0.1, -0.05) is 11.8 Å². The van der Waals surface area contributed by atoms with Crippen LogP contribution in [0.1, 0.15) is 28.0 Å². The van der Waals surface area contributed by atoms with Crippen molar-refractivity contribution in [1.29, 1.82) is 0 Å². The first kappa shape index (κ1) is 11.7. The number of aliphatic carboxylic acids is 1. The second-order valence-electron chi connectivity index (χ2n) is 3.07. The Labute approximate surface area is 91.8 Å². The van der Waals surface area contributed by atoms with Crippen molar-refractivity contribution in [2.45, 2.75) is 13.3 Å². The summed E-state index contributed by atoms with van der Waals surface area (Å²) in [5.74, 6) is 2.94. The van der Waals surface area contributed by atoms with E-state index >= 15 is 0 Å². The average molecular weight is 219 g/mol. The molecule has 0 atom stereocenters. The molecular formula is C11H9NO4. The van der Waals surface area contributed by atoms with E-state index in [9.17, 15) is 9.59 Å². The first-order chi connectivity index (χ1) is 7.50. The minimum atomic E-state index is -1.09. The Morgan fingerprint density at radius 3 is 2.62 bits per heavy atom. The highest BCUT2D eigenvalue weighted by Gasteiger charge is 2.07. The minimum absolute atomic E-state index is 0.0243. The molecule has 0 aliphatic carbocycles. The number of aromatic carboxylic acids is 1. The number of nitrogens with zero attached hydrogens (tertiary/aromatic N) is 1. The largest absolute Gasteiger partial charge is 0.481 e. The zero-order chi connectivity index (χ0) is 12.1. The fourth-order valence-corrected chi connectivity index (χ4v) is 1.09. The predicted octanol–water partition coefficient (Wildman–Crippen LogP) is 0.914. The topological polar surface area (TPSA) is 87.5 Å². The zero-order valence-electron chi connectivity index (χ0n) is 8.52. The van der Waals surface area contributed by atoms with Crippen LogP contribution in [-0.4, -0.2) is 27.1 Å². The van der Waals surface area contributed by atoms with Crippen molar-refractivity contribution in [3.8, 4) is 11.8 Å². The van der Waals surface area contributed by atoms with E-state index in [4.69, 9.17) is 10.2 Å². The number of rotatable bonds is 2. The fourth-order valence-electron chi connectivity index (χ4n) is 1.09. The monoisotopic (exact) mass is 219 g/mol. The molecule has 1 aromatic rings. The van der Waals surface area contributed by atoms with Gasteiger partial charge in [-0.3, -0.25) is 4.79 Å². The number of carboxylic acid groups (broad SMARTS) is 2. The van der Waals surface area contributed by atoms with Crippen molar-refractivity contribution in [2.24, 2.45) is 0 Å². The van der Waals surface area contributed by atoms with Crippen LogP contribution in [0.15, 0.2) is 12.3 Å². The van der Waals surface area contributed by atoms with Crippen molar-refractivity contribution in [3.05, 3.63) is 29.1 Å². The normalized spacial score (nSPS) is 9.06. The summed E-state index contributed by atoms with van der Waals surface area (Å²) in [6.45, 7) is 1.61. The number of pyridine rings is 1. The first-order valence-electron chi connectivity index (χ1n) is 4.41. The Hall–Kier alpha value is -2.35. The molecule has 2 N–H and O–H groups in total. The summed E-state index contributed by atoms with van der Waals surface area (Å²) in [4.78, 5) is 24.6. The molecule has 5 heteroatoms. The van der Waals surface area contributed by atoms with Gasteiger partial charge < -0.3 is 10.2 Å². The fraction of sp³-hybridized carbons (Fsp3) is 0.182. The Kier molecular flexibility index (Phi) is 3.62. The number of carbonyl (C=O) groups is 2. The molecule has 0 bridgehead atoms. The average Bonchev–Trinajstić information content (AvgIpc) is 2.16. The van der Waals surface area contributed by atoms with Gasteiger partial charge in [0.25, 0.3) is 0 Å². The third kappa shape index (κ3) is 3.10. The summed E-state index contributed by atoms with van der Waals surface area (Å²) in [7, 11) is 0. The summed E-state index contributed by atoms with van der Waals surface area (Å²) in [5.41, 5.74) is 0.974. The SMILES string of the molecule is Cc1cc(C#CCC(=O)O)cnc1C(=O)O. The summed E-state index contributed by atoms with van der Waals surface area (Å²) >= 11 is 0.